The Hall–Kier alpha value is -4.08. The molecule has 2 aliphatic rings. The van der Waals surface area contributed by atoms with Crippen molar-refractivity contribution < 1.29 is 14.3 Å². The lowest BCUT2D eigenvalue weighted by molar-refractivity contribution is -0.119. The fourth-order valence-corrected chi connectivity index (χ4v) is 7.69. The van der Waals surface area contributed by atoms with Crippen molar-refractivity contribution >= 4 is 40.0 Å². The van der Waals surface area contributed by atoms with Crippen molar-refractivity contribution in [2.45, 2.75) is 51.4 Å². The van der Waals surface area contributed by atoms with Crippen molar-refractivity contribution in [2.75, 3.05) is 33.9 Å². The van der Waals surface area contributed by atoms with Gasteiger partial charge < -0.3 is 20.1 Å². The van der Waals surface area contributed by atoms with Crippen LogP contribution in [0.2, 0.25) is 10.0 Å². The molecule has 5 aromatic rings. The predicted octanol–water partition coefficient (Wildman–Crippen LogP) is 7.71. The minimum Gasteiger partial charge on any atom is -0.496 e. The quantitative estimate of drug-likeness (QED) is 0.139. The summed E-state index contributed by atoms with van der Waals surface area (Å²) in [7, 11) is 3.40. The highest BCUT2D eigenvalue weighted by atomic mass is 35.5. The summed E-state index contributed by atoms with van der Waals surface area (Å²) in [6.07, 6.45) is 5.84. The van der Waals surface area contributed by atoms with Crippen LogP contribution in [0, 0.1) is 0 Å². The second-order valence-electron chi connectivity index (χ2n) is 12.9. The Morgan fingerprint density at radius 3 is 2.41 bits per heavy atom. The van der Waals surface area contributed by atoms with E-state index in [-0.39, 0.29) is 11.9 Å². The molecule has 3 heterocycles. The van der Waals surface area contributed by atoms with Crippen LogP contribution in [0.3, 0.4) is 0 Å². The number of carbonyl (C=O) groups is 1. The highest BCUT2D eigenvalue weighted by molar-refractivity contribution is 6.36. The van der Waals surface area contributed by atoms with Crippen LogP contribution < -0.4 is 20.1 Å². The molecule has 0 bridgehead atoms. The molecule has 1 amide bonds. The third-order valence-corrected chi connectivity index (χ3v) is 10.5. The lowest BCUT2D eigenvalue weighted by Crippen LogP contribution is -2.35. The van der Waals surface area contributed by atoms with Crippen LogP contribution in [0.1, 0.15) is 42.4 Å². The van der Waals surface area contributed by atoms with Crippen molar-refractivity contribution in [3.63, 3.8) is 0 Å². The van der Waals surface area contributed by atoms with Gasteiger partial charge in [-0.3, -0.25) is 14.4 Å². The van der Waals surface area contributed by atoms with E-state index in [2.05, 4.69) is 51.9 Å². The van der Waals surface area contributed by atoms with E-state index in [9.17, 15) is 4.79 Å². The normalized spacial score (nSPS) is 16.4. The molecule has 1 aromatic heterocycles. The average Bonchev–Trinajstić information content (AvgIpc) is 3.88. The Balaban J connectivity index is 1.13. The molecular formula is C39H41Cl2N5O3. The number of methoxy groups -OCH3 is 2. The third-order valence-electron chi connectivity index (χ3n) is 9.73. The van der Waals surface area contributed by atoms with E-state index in [1.165, 1.54) is 12.8 Å². The standard InChI is InChI=1S/C39H41Cl2N5O3/c1-48-36-18-25(11-12-26(36)20-42-21-29-13-14-38(47)44-29)30-7-5-9-32(39(30)41)31-8-6-10-35-33(31)22-43-46(35)24-27-19-37(49-2)28(17-34(27)40)23-45-15-3-4-16-45/h5-12,17-19,22,29,42H,3-4,13-16,20-21,23-24H2,1-2H3,(H,44,47). The molecule has 0 radical (unpaired) electrons. The first-order valence-corrected chi connectivity index (χ1v) is 17.7. The molecule has 2 saturated heterocycles. The zero-order valence-electron chi connectivity index (χ0n) is 27.9. The van der Waals surface area contributed by atoms with Gasteiger partial charge in [0.25, 0.3) is 0 Å². The topological polar surface area (TPSA) is 80.7 Å². The van der Waals surface area contributed by atoms with E-state index in [4.69, 9.17) is 37.8 Å². The van der Waals surface area contributed by atoms with Crippen molar-refractivity contribution in [1.29, 1.82) is 0 Å². The maximum atomic E-state index is 11.5. The Morgan fingerprint density at radius 1 is 0.878 bits per heavy atom. The summed E-state index contributed by atoms with van der Waals surface area (Å²) >= 11 is 14.1. The van der Waals surface area contributed by atoms with Crippen LogP contribution >= 0.6 is 23.2 Å². The van der Waals surface area contributed by atoms with E-state index in [0.29, 0.717) is 29.6 Å². The Bertz CT molecular complexity index is 1990. The number of nitrogens with zero attached hydrogens (tertiary/aromatic N) is 3. The van der Waals surface area contributed by atoms with Crippen LogP contribution in [0.15, 0.2) is 72.9 Å². The number of rotatable bonds is 12. The monoisotopic (exact) mass is 697 g/mol. The molecule has 49 heavy (non-hydrogen) atoms. The molecule has 1 atom stereocenters. The number of nitrogens with one attached hydrogen (secondary N) is 2. The number of ether oxygens (including phenoxy) is 2. The van der Waals surface area contributed by atoms with Gasteiger partial charge >= 0.3 is 0 Å². The fourth-order valence-electron chi connectivity index (χ4n) is 7.11. The lowest BCUT2D eigenvalue weighted by Gasteiger charge is -2.18. The van der Waals surface area contributed by atoms with E-state index in [0.717, 1.165) is 93.9 Å². The number of benzene rings is 4. The largest absolute Gasteiger partial charge is 0.496 e. The number of hydrogen-bond donors (Lipinski definition) is 2. The molecule has 2 N–H and O–H groups in total. The summed E-state index contributed by atoms with van der Waals surface area (Å²) in [5.41, 5.74) is 7.92. The van der Waals surface area contributed by atoms with Gasteiger partial charge in [0, 0.05) is 64.8 Å². The van der Waals surface area contributed by atoms with Gasteiger partial charge in [0.05, 0.1) is 37.5 Å². The molecule has 8 nitrogen and oxygen atoms in total. The number of carbonyl (C=O) groups excluding carboxylic acids is 1. The molecule has 254 valence electrons. The maximum Gasteiger partial charge on any atom is 0.220 e. The van der Waals surface area contributed by atoms with E-state index in [1.54, 1.807) is 14.2 Å². The minimum absolute atomic E-state index is 0.123. The van der Waals surface area contributed by atoms with Crippen molar-refractivity contribution in [3.05, 3.63) is 99.7 Å². The summed E-state index contributed by atoms with van der Waals surface area (Å²) in [6, 6.07) is 22.8. The van der Waals surface area contributed by atoms with Crippen LogP contribution in [0.25, 0.3) is 33.2 Å². The first-order chi connectivity index (χ1) is 23.9. The van der Waals surface area contributed by atoms with Gasteiger partial charge in [-0.25, -0.2) is 0 Å². The number of halogens is 2. The van der Waals surface area contributed by atoms with Gasteiger partial charge in [0.1, 0.15) is 11.5 Å². The number of likely N-dealkylation sites (tertiary alicyclic amines) is 1. The summed E-state index contributed by atoms with van der Waals surface area (Å²) in [5, 5.41) is 13.6. The van der Waals surface area contributed by atoms with E-state index < -0.39 is 0 Å². The summed E-state index contributed by atoms with van der Waals surface area (Å²) in [6.45, 7) is 4.93. The fraction of sp³-hybridized carbons (Fsp3) is 0.333. The molecule has 4 aromatic carbocycles. The molecule has 10 heteroatoms. The van der Waals surface area contributed by atoms with E-state index >= 15 is 0 Å². The molecule has 2 fully saturated rings. The molecule has 0 saturated carbocycles. The second kappa shape index (κ2) is 14.8. The van der Waals surface area contributed by atoms with Crippen LogP contribution in [0.4, 0.5) is 0 Å². The highest BCUT2D eigenvalue weighted by Crippen LogP contribution is 2.40. The number of aromatic nitrogens is 2. The Labute approximate surface area is 297 Å². The minimum atomic E-state index is 0.123. The van der Waals surface area contributed by atoms with Crippen LogP contribution in [0.5, 0.6) is 11.5 Å². The summed E-state index contributed by atoms with van der Waals surface area (Å²) < 4.78 is 13.6. The maximum absolute atomic E-state index is 11.5. The molecule has 0 spiro atoms. The second-order valence-corrected chi connectivity index (χ2v) is 13.7. The first-order valence-electron chi connectivity index (χ1n) is 16.9. The van der Waals surface area contributed by atoms with E-state index in [1.807, 2.05) is 41.2 Å². The molecule has 0 aliphatic carbocycles. The molecular weight excluding hydrogens is 657 g/mol. The van der Waals surface area contributed by atoms with Gasteiger partial charge in [-0.05, 0) is 73.3 Å². The summed E-state index contributed by atoms with van der Waals surface area (Å²) in [5.74, 6) is 1.76. The number of hydrogen-bond acceptors (Lipinski definition) is 6. The predicted molar refractivity (Wildman–Crippen MR) is 197 cm³/mol. The number of amides is 1. The summed E-state index contributed by atoms with van der Waals surface area (Å²) in [4.78, 5) is 14.0. The first kappa shape index (κ1) is 33.4. The van der Waals surface area contributed by atoms with Gasteiger partial charge in [-0.1, -0.05) is 65.7 Å². The molecule has 7 rings (SSSR count). The van der Waals surface area contributed by atoms with Gasteiger partial charge in [-0.15, -0.1) is 0 Å². The molecule has 1 unspecified atom stereocenters. The molecule has 2 aliphatic heterocycles. The SMILES string of the molecule is COc1cc(-c2cccc(-c3cccc4c3cnn4Cc3cc(OC)c(CN4CCCC4)cc3Cl)c2Cl)ccc1CNCC1CCC(=O)N1. The number of fused-ring (bicyclic) bond motifs is 1. The van der Waals surface area contributed by atoms with Gasteiger partial charge in [0.15, 0.2) is 0 Å². The Kier molecular flexibility index (Phi) is 10.1. The zero-order valence-corrected chi connectivity index (χ0v) is 29.4. The van der Waals surface area contributed by atoms with Crippen molar-refractivity contribution in [1.82, 2.24) is 25.3 Å². The highest BCUT2D eigenvalue weighted by Gasteiger charge is 2.21. The van der Waals surface area contributed by atoms with Crippen LogP contribution in [-0.2, 0) is 24.4 Å². The van der Waals surface area contributed by atoms with Crippen LogP contribution in [-0.4, -0.2) is 60.5 Å². The smallest absolute Gasteiger partial charge is 0.220 e. The average molecular weight is 699 g/mol. The van der Waals surface area contributed by atoms with Crippen molar-refractivity contribution in [3.8, 4) is 33.8 Å². The van der Waals surface area contributed by atoms with Crippen molar-refractivity contribution in [2.24, 2.45) is 0 Å². The van der Waals surface area contributed by atoms with Gasteiger partial charge in [0.2, 0.25) is 5.91 Å². The zero-order chi connectivity index (χ0) is 33.9. The lowest BCUT2D eigenvalue weighted by atomic mass is 9.96. The van der Waals surface area contributed by atoms with Gasteiger partial charge in [-0.2, -0.15) is 5.10 Å². The third kappa shape index (κ3) is 7.15. The Morgan fingerprint density at radius 2 is 1.63 bits per heavy atom.